The Kier molecular flexibility index (Phi) is 4.58. The Labute approximate surface area is 161 Å². The van der Waals surface area contributed by atoms with Gasteiger partial charge in [0.2, 0.25) is 10.0 Å². The van der Waals surface area contributed by atoms with Gasteiger partial charge in [-0.1, -0.05) is 0 Å². The van der Waals surface area contributed by atoms with Crippen molar-refractivity contribution in [1.82, 2.24) is 9.29 Å². The number of rotatable bonds is 3. The first kappa shape index (κ1) is 18.2. The van der Waals surface area contributed by atoms with Gasteiger partial charge >= 0.3 is 5.63 Å². The Morgan fingerprint density at radius 1 is 1.07 bits per heavy atom. The van der Waals surface area contributed by atoms with Crippen LogP contribution in [0.2, 0.25) is 0 Å². The summed E-state index contributed by atoms with van der Waals surface area (Å²) in [7, 11) is -3.68. The summed E-state index contributed by atoms with van der Waals surface area (Å²) in [4.78, 5) is 17.6. The zero-order valence-corrected chi connectivity index (χ0v) is 15.6. The van der Waals surface area contributed by atoms with Gasteiger partial charge in [0.05, 0.1) is 10.5 Å². The average molecular weight is 396 g/mol. The van der Waals surface area contributed by atoms with Gasteiger partial charge in [0.25, 0.3) is 0 Å². The first-order valence-electron chi connectivity index (χ1n) is 8.63. The molecule has 0 unspecified atom stereocenters. The minimum absolute atomic E-state index is 0.151. The van der Waals surface area contributed by atoms with Crippen molar-refractivity contribution in [3.8, 4) is 6.07 Å². The van der Waals surface area contributed by atoms with Gasteiger partial charge in [-0.05, 0) is 36.4 Å². The van der Waals surface area contributed by atoms with Gasteiger partial charge < -0.3 is 9.32 Å². The summed E-state index contributed by atoms with van der Waals surface area (Å²) in [6, 6.07) is 12.8. The maximum atomic E-state index is 13.0. The van der Waals surface area contributed by atoms with Crippen molar-refractivity contribution in [1.29, 1.82) is 5.26 Å². The van der Waals surface area contributed by atoms with Gasteiger partial charge in [0.15, 0.2) is 0 Å². The Hall–Kier alpha value is -3.22. The molecule has 8 nitrogen and oxygen atoms in total. The lowest BCUT2D eigenvalue weighted by molar-refractivity contribution is 0.384. The number of nitriles is 1. The van der Waals surface area contributed by atoms with Crippen molar-refractivity contribution < 1.29 is 12.8 Å². The lowest BCUT2D eigenvalue weighted by atomic mass is 10.2. The molecule has 0 radical (unpaired) electrons. The summed E-state index contributed by atoms with van der Waals surface area (Å²) in [5, 5.41) is 9.78. The summed E-state index contributed by atoms with van der Waals surface area (Å²) in [5.74, 6) is 0.572. The van der Waals surface area contributed by atoms with E-state index < -0.39 is 15.6 Å². The SMILES string of the molecule is N#Cc1cccnc1N1CCN(S(=O)(=O)c2ccc3oc(=O)ccc3c2)CC1. The van der Waals surface area contributed by atoms with E-state index in [9.17, 15) is 18.5 Å². The number of fused-ring (bicyclic) bond motifs is 1. The fourth-order valence-electron chi connectivity index (χ4n) is 3.24. The van der Waals surface area contributed by atoms with E-state index in [0.717, 1.165) is 0 Å². The minimum Gasteiger partial charge on any atom is -0.423 e. The third-order valence-corrected chi connectivity index (χ3v) is 6.57. The smallest absolute Gasteiger partial charge is 0.336 e. The van der Waals surface area contributed by atoms with E-state index >= 15 is 0 Å². The second-order valence-electron chi connectivity index (χ2n) is 6.33. The van der Waals surface area contributed by atoms with E-state index in [0.29, 0.717) is 35.4 Å². The molecule has 2 aromatic heterocycles. The van der Waals surface area contributed by atoms with Crippen LogP contribution < -0.4 is 10.5 Å². The average Bonchev–Trinajstić information content (AvgIpc) is 2.73. The van der Waals surface area contributed by atoms with Crippen LogP contribution in [0, 0.1) is 11.3 Å². The quantitative estimate of drug-likeness (QED) is 0.618. The van der Waals surface area contributed by atoms with Crippen LogP contribution in [0.1, 0.15) is 5.56 Å². The van der Waals surface area contributed by atoms with Gasteiger partial charge in [0, 0.05) is 43.8 Å². The number of aromatic nitrogens is 1. The van der Waals surface area contributed by atoms with Crippen molar-refractivity contribution in [2.45, 2.75) is 4.90 Å². The molecule has 9 heteroatoms. The number of nitrogens with zero attached hydrogens (tertiary/aromatic N) is 4. The van der Waals surface area contributed by atoms with E-state index in [1.54, 1.807) is 24.4 Å². The number of sulfonamides is 1. The Morgan fingerprint density at radius 2 is 1.86 bits per heavy atom. The molecule has 0 aliphatic carbocycles. The molecule has 4 rings (SSSR count). The molecule has 142 valence electrons. The highest BCUT2D eigenvalue weighted by atomic mass is 32.2. The maximum absolute atomic E-state index is 13.0. The molecule has 1 fully saturated rings. The predicted molar refractivity (Wildman–Crippen MR) is 102 cm³/mol. The molecule has 1 aliphatic heterocycles. The van der Waals surface area contributed by atoms with Gasteiger partial charge in [-0.3, -0.25) is 0 Å². The standard InChI is InChI=1S/C19H16N4O4S/c20-13-15-2-1-7-21-19(15)22-8-10-23(11-9-22)28(25,26)16-4-5-17-14(12-16)3-6-18(24)27-17/h1-7,12H,8-11H2. The largest absolute Gasteiger partial charge is 0.423 e. The maximum Gasteiger partial charge on any atom is 0.336 e. The molecular weight excluding hydrogens is 380 g/mol. The van der Waals surface area contributed by atoms with Crippen molar-refractivity contribution in [3.63, 3.8) is 0 Å². The minimum atomic E-state index is -3.68. The van der Waals surface area contributed by atoms with Gasteiger partial charge in [-0.15, -0.1) is 0 Å². The number of benzene rings is 1. The van der Waals surface area contributed by atoms with E-state index in [-0.39, 0.29) is 18.0 Å². The van der Waals surface area contributed by atoms with Gasteiger partial charge in [-0.25, -0.2) is 18.2 Å². The fourth-order valence-corrected chi connectivity index (χ4v) is 4.69. The lowest BCUT2D eigenvalue weighted by Gasteiger charge is -2.35. The van der Waals surface area contributed by atoms with E-state index in [2.05, 4.69) is 11.1 Å². The summed E-state index contributed by atoms with van der Waals surface area (Å²) in [6.07, 6.45) is 1.62. The van der Waals surface area contributed by atoms with Crippen LogP contribution in [-0.4, -0.2) is 43.9 Å². The van der Waals surface area contributed by atoms with Crippen LogP contribution in [0.15, 0.2) is 62.8 Å². The molecule has 0 bridgehead atoms. The molecule has 1 saturated heterocycles. The van der Waals surface area contributed by atoms with Crippen LogP contribution in [0.25, 0.3) is 11.0 Å². The van der Waals surface area contributed by atoms with Crippen LogP contribution in [0.3, 0.4) is 0 Å². The molecule has 0 N–H and O–H groups in total. The molecule has 1 aromatic carbocycles. The number of pyridine rings is 1. The first-order valence-corrected chi connectivity index (χ1v) is 10.1. The number of hydrogen-bond acceptors (Lipinski definition) is 7. The van der Waals surface area contributed by atoms with Crippen molar-refractivity contribution in [3.05, 3.63) is 64.6 Å². The topological polar surface area (TPSA) is 108 Å². The molecule has 0 spiro atoms. The van der Waals surface area contributed by atoms with Crippen LogP contribution in [0.4, 0.5) is 5.82 Å². The molecule has 3 heterocycles. The summed E-state index contributed by atoms with van der Waals surface area (Å²) in [5.41, 5.74) is 0.329. The molecule has 28 heavy (non-hydrogen) atoms. The van der Waals surface area contributed by atoms with Crippen LogP contribution >= 0.6 is 0 Å². The number of hydrogen-bond donors (Lipinski definition) is 0. The molecule has 1 aliphatic rings. The van der Waals surface area contributed by atoms with Crippen molar-refractivity contribution >= 4 is 26.8 Å². The summed E-state index contributed by atoms with van der Waals surface area (Å²) in [6.45, 7) is 1.44. The third kappa shape index (κ3) is 3.24. The third-order valence-electron chi connectivity index (χ3n) is 4.67. The Balaban J connectivity index is 1.56. The molecular formula is C19H16N4O4S. The molecule has 0 amide bonds. The molecule has 0 saturated carbocycles. The Bertz CT molecular complexity index is 1240. The van der Waals surface area contributed by atoms with E-state index in [1.807, 2.05) is 4.90 Å². The van der Waals surface area contributed by atoms with Crippen molar-refractivity contribution in [2.75, 3.05) is 31.1 Å². The van der Waals surface area contributed by atoms with E-state index in [1.165, 1.54) is 28.6 Å². The molecule has 0 atom stereocenters. The second-order valence-corrected chi connectivity index (χ2v) is 8.27. The zero-order valence-electron chi connectivity index (χ0n) is 14.8. The predicted octanol–water partition coefficient (Wildman–Crippen LogP) is 1.57. The van der Waals surface area contributed by atoms with Crippen LogP contribution in [0.5, 0.6) is 0 Å². The van der Waals surface area contributed by atoms with Crippen molar-refractivity contribution in [2.24, 2.45) is 0 Å². The highest BCUT2D eigenvalue weighted by molar-refractivity contribution is 7.89. The Morgan fingerprint density at radius 3 is 2.61 bits per heavy atom. The van der Waals surface area contributed by atoms with Crippen LogP contribution in [-0.2, 0) is 10.0 Å². The van der Waals surface area contributed by atoms with E-state index in [4.69, 9.17) is 4.42 Å². The number of piperazine rings is 1. The fraction of sp³-hybridized carbons (Fsp3) is 0.211. The van der Waals surface area contributed by atoms with Gasteiger partial charge in [-0.2, -0.15) is 9.57 Å². The monoisotopic (exact) mass is 396 g/mol. The van der Waals surface area contributed by atoms with Gasteiger partial charge in [0.1, 0.15) is 17.5 Å². The summed E-state index contributed by atoms with van der Waals surface area (Å²) >= 11 is 0. The number of anilines is 1. The summed E-state index contributed by atoms with van der Waals surface area (Å²) < 4.78 is 32.5. The first-order chi connectivity index (χ1) is 13.5. The highest BCUT2D eigenvalue weighted by Gasteiger charge is 2.29. The molecule has 3 aromatic rings. The normalized spacial score (nSPS) is 15.5. The second kappa shape index (κ2) is 7.07. The highest BCUT2D eigenvalue weighted by Crippen LogP contribution is 2.24. The lowest BCUT2D eigenvalue weighted by Crippen LogP contribution is -2.49. The zero-order chi connectivity index (χ0) is 19.7.